The summed E-state index contributed by atoms with van der Waals surface area (Å²) in [6, 6.07) is 0. The Labute approximate surface area is 53.4 Å². The average Bonchev–Trinajstić information content (AvgIpc) is 1.67. The van der Waals surface area contributed by atoms with Gasteiger partial charge in [-0.25, -0.2) is 0 Å². The second kappa shape index (κ2) is 3.61. The highest BCUT2D eigenvalue weighted by atomic mass is 35.5. The van der Waals surface area contributed by atoms with Crippen molar-refractivity contribution in [1.82, 2.24) is 0 Å². The lowest BCUT2D eigenvalue weighted by atomic mass is 10.3. The molecule has 0 amide bonds. The minimum atomic E-state index is -0.756. The van der Waals surface area contributed by atoms with Crippen LogP contribution in [-0.2, 0) is 0 Å². The summed E-state index contributed by atoms with van der Waals surface area (Å²) in [5.74, 6) is -0.756. The number of aliphatic hydroxyl groups excluding tert-OH is 1. The van der Waals surface area contributed by atoms with Crippen LogP contribution in [0.1, 0.15) is 19.8 Å². The third-order valence-electron chi connectivity index (χ3n) is 0.712. The number of hydrogen-bond donors (Lipinski definition) is 2. The molecule has 0 heterocycles. The molecule has 0 saturated carbocycles. The van der Waals surface area contributed by atoms with Crippen LogP contribution < -0.4 is 0 Å². The second-order valence-electron chi connectivity index (χ2n) is 1.48. The molecular formula is C5H9ClO2. The normalized spacial score (nSPS) is 8.75. The van der Waals surface area contributed by atoms with E-state index in [1.165, 1.54) is 0 Å². The largest absolute Gasteiger partial charge is 0.480 e. The topological polar surface area (TPSA) is 40.5 Å². The Balaban J connectivity index is 3.62. The molecule has 0 atom stereocenters. The standard InChI is InChI=1S/C5H9ClO2/c1-2-3-4(6)5(7)8/h7-8H,2-3H2,1H3. The van der Waals surface area contributed by atoms with Crippen LogP contribution >= 0.6 is 11.6 Å². The molecule has 2 N–H and O–H groups in total. The van der Waals surface area contributed by atoms with Crippen molar-refractivity contribution in [2.45, 2.75) is 19.8 Å². The summed E-state index contributed by atoms with van der Waals surface area (Å²) in [6.07, 6.45) is 1.35. The van der Waals surface area contributed by atoms with Crippen molar-refractivity contribution in [1.29, 1.82) is 0 Å². The van der Waals surface area contributed by atoms with Gasteiger partial charge in [0.2, 0.25) is 0 Å². The molecular weight excluding hydrogens is 128 g/mol. The van der Waals surface area contributed by atoms with E-state index in [0.717, 1.165) is 6.42 Å². The molecule has 0 fully saturated rings. The molecule has 0 saturated heterocycles. The van der Waals surface area contributed by atoms with Crippen LogP contribution in [0.3, 0.4) is 0 Å². The van der Waals surface area contributed by atoms with Crippen molar-refractivity contribution in [3.05, 3.63) is 11.0 Å². The molecule has 0 bridgehead atoms. The van der Waals surface area contributed by atoms with Gasteiger partial charge >= 0.3 is 0 Å². The molecule has 48 valence electrons. The quantitative estimate of drug-likeness (QED) is 0.572. The lowest BCUT2D eigenvalue weighted by Gasteiger charge is -1.92. The predicted molar refractivity (Wildman–Crippen MR) is 33.0 cm³/mol. The van der Waals surface area contributed by atoms with E-state index in [4.69, 9.17) is 21.8 Å². The lowest BCUT2D eigenvalue weighted by molar-refractivity contribution is 0.187. The van der Waals surface area contributed by atoms with Crippen LogP contribution in [0, 0.1) is 0 Å². The Hall–Kier alpha value is -0.370. The Morgan fingerprint density at radius 3 is 2.12 bits per heavy atom. The van der Waals surface area contributed by atoms with Gasteiger partial charge in [-0.1, -0.05) is 24.9 Å². The van der Waals surface area contributed by atoms with Crippen LogP contribution in [0.25, 0.3) is 0 Å². The third kappa shape index (κ3) is 2.75. The first-order chi connectivity index (χ1) is 3.68. The summed E-state index contributed by atoms with van der Waals surface area (Å²) in [5, 5.41) is 16.6. The molecule has 0 aromatic rings. The zero-order chi connectivity index (χ0) is 6.57. The van der Waals surface area contributed by atoms with Gasteiger partial charge in [0.25, 0.3) is 5.95 Å². The van der Waals surface area contributed by atoms with E-state index in [1.807, 2.05) is 6.92 Å². The number of hydrogen-bond acceptors (Lipinski definition) is 2. The summed E-state index contributed by atoms with van der Waals surface area (Å²) >= 11 is 5.30. The van der Waals surface area contributed by atoms with Crippen molar-refractivity contribution < 1.29 is 10.2 Å². The highest BCUT2D eigenvalue weighted by molar-refractivity contribution is 6.29. The minimum absolute atomic E-state index is 0.132. The Kier molecular flexibility index (Phi) is 3.44. The first kappa shape index (κ1) is 7.63. The smallest absolute Gasteiger partial charge is 0.289 e. The van der Waals surface area contributed by atoms with Gasteiger partial charge < -0.3 is 10.2 Å². The van der Waals surface area contributed by atoms with Gasteiger partial charge in [0.1, 0.15) is 0 Å². The summed E-state index contributed by atoms with van der Waals surface area (Å²) in [4.78, 5) is 0. The molecule has 0 spiro atoms. The molecule has 3 heteroatoms. The van der Waals surface area contributed by atoms with Crippen molar-refractivity contribution >= 4 is 11.6 Å². The fraction of sp³-hybridized carbons (Fsp3) is 0.600. The molecule has 0 aromatic heterocycles. The summed E-state index contributed by atoms with van der Waals surface area (Å²) in [7, 11) is 0. The van der Waals surface area contributed by atoms with Gasteiger partial charge in [-0.15, -0.1) is 0 Å². The Morgan fingerprint density at radius 2 is 2.00 bits per heavy atom. The monoisotopic (exact) mass is 136 g/mol. The lowest BCUT2D eigenvalue weighted by Crippen LogP contribution is -1.81. The molecule has 0 aliphatic carbocycles. The average molecular weight is 137 g/mol. The van der Waals surface area contributed by atoms with Crippen molar-refractivity contribution in [3.8, 4) is 0 Å². The van der Waals surface area contributed by atoms with Crippen molar-refractivity contribution in [2.75, 3.05) is 0 Å². The van der Waals surface area contributed by atoms with Gasteiger partial charge in [-0.2, -0.15) is 0 Å². The van der Waals surface area contributed by atoms with Crippen molar-refractivity contribution in [2.24, 2.45) is 0 Å². The van der Waals surface area contributed by atoms with Crippen LogP contribution in [0.4, 0.5) is 0 Å². The minimum Gasteiger partial charge on any atom is -0.480 e. The Bertz CT molecular complexity index is 94.6. The maximum Gasteiger partial charge on any atom is 0.289 e. The Morgan fingerprint density at radius 1 is 1.50 bits per heavy atom. The molecule has 0 radical (unpaired) electrons. The van der Waals surface area contributed by atoms with Crippen LogP contribution in [0.15, 0.2) is 11.0 Å². The van der Waals surface area contributed by atoms with E-state index in [0.29, 0.717) is 6.42 Å². The fourth-order valence-electron chi connectivity index (χ4n) is 0.331. The highest BCUT2D eigenvalue weighted by Gasteiger charge is 1.96. The fourth-order valence-corrected chi connectivity index (χ4v) is 0.520. The van der Waals surface area contributed by atoms with Gasteiger partial charge in [-0.05, 0) is 6.42 Å². The zero-order valence-electron chi connectivity index (χ0n) is 4.69. The van der Waals surface area contributed by atoms with Gasteiger partial charge in [-0.3, -0.25) is 0 Å². The van der Waals surface area contributed by atoms with E-state index in [1.54, 1.807) is 0 Å². The van der Waals surface area contributed by atoms with E-state index in [-0.39, 0.29) is 5.03 Å². The number of rotatable bonds is 2. The number of allylic oxidation sites excluding steroid dienone is 1. The van der Waals surface area contributed by atoms with E-state index < -0.39 is 5.95 Å². The number of halogens is 1. The molecule has 0 aliphatic heterocycles. The van der Waals surface area contributed by atoms with Gasteiger partial charge in [0, 0.05) is 0 Å². The molecule has 8 heavy (non-hydrogen) atoms. The van der Waals surface area contributed by atoms with Gasteiger partial charge in [0.05, 0.1) is 5.03 Å². The molecule has 0 unspecified atom stereocenters. The molecule has 0 aliphatic rings. The van der Waals surface area contributed by atoms with Crippen LogP contribution in [0.5, 0.6) is 0 Å². The van der Waals surface area contributed by atoms with E-state index >= 15 is 0 Å². The summed E-state index contributed by atoms with van der Waals surface area (Å²) in [5.41, 5.74) is 0. The highest BCUT2D eigenvalue weighted by Crippen LogP contribution is 2.11. The maximum atomic E-state index is 8.26. The summed E-state index contributed by atoms with van der Waals surface area (Å²) < 4.78 is 0. The predicted octanol–water partition coefficient (Wildman–Crippen LogP) is 2.31. The number of aliphatic hydroxyl groups is 2. The van der Waals surface area contributed by atoms with Crippen LogP contribution in [0.2, 0.25) is 0 Å². The maximum absolute atomic E-state index is 8.26. The molecule has 0 aromatic carbocycles. The summed E-state index contributed by atoms with van der Waals surface area (Å²) in [6.45, 7) is 1.91. The van der Waals surface area contributed by atoms with E-state index in [2.05, 4.69) is 0 Å². The third-order valence-corrected chi connectivity index (χ3v) is 1.07. The second-order valence-corrected chi connectivity index (χ2v) is 1.93. The molecule has 2 nitrogen and oxygen atoms in total. The van der Waals surface area contributed by atoms with Gasteiger partial charge in [0.15, 0.2) is 0 Å². The van der Waals surface area contributed by atoms with Crippen LogP contribution in [-0.4, -0.2) is 10.2 Å². The zero-order valence-corrected chi connectivity index (χ0v) is 5.44. The van der Waals surface area contributed by atoms with E-state index in [9.17, 15) is 0 Å². The first-order valence-corrected chi connectivity index (χ1v) is 2.82. The SMILES string of the molecule is CCCC(Cl)=C(O)O. The first-order valence-electron chi connectivity index (χ1n) is 2.45. The van der Waals surface area contributed by atoms with Crippen molar-refractivity contribution in [3.63, 3.8) is 0 Å². The molecule has 0 rings (SSSR count).